The summed E-state index contributed by atoms with van der Waals surface area (Å²) in [6, 6.07) is 25.7. The molecule has 162 valence electrons. The molecule has 31 heavy (non-hydrogen) atoms. The molecule has 0 spiro atoms. The van der Waals surface area contributed by atoms with Crippen LogP contribution in [0.3, 0.4) is 0 Å². The van der Waals surface area contributed by atoms with Gasteiger partial charge in [0.25, 0.3) is 0 Å². The maximum atomic E-state index is 13.1. The van der Waals surface area contributed by atoms with Gasteiger partial charge in [-0.05, 0) is 35.7 Å². The third-order valence-electron chi connectivity index (χ3n) is 5.01. The van der Waals surface area contributed by atoms with E-state index in [0.29, 0.717) is 5.69 Å². The molecule has 0 saturated heterocycles. The van der Waals surface area contributed by atoms with Gasteiger partial charge >= 0.3 is 10.2 Å². The van der Waals surface area contributed by atoms with Gasteiger partial charge in [0.1, 0.15) is 6.54 Å². The zero-order valence-corrected chi connectivity index (χ0v) is 18.7. The second-order valence-corrected chi connectivity index (χ2v) is 9.47. The summed E-state index contributed by atoms with van der Waals surface area (Å²) >= 11 is 0. The number of amides is 1. The molecule has 0 fully saturated rings. The number of benzene rings is 3. The minimum Gasteiger partial charge on any atom is -0.344 e. The van der Waals surface area contributed by atoms with Crippen LogP contribution in [-0.2, 0) is 15.0 Å². The van der Waals surface area contributed by atoms with Gasteiger partial charge in [0.15, 0.2) is 0 Å². The molecular weight excluding hydrogens is 410 g/mol. The third-order valence-corrected chi connectivity index (χ3v) is 6.83. The molecule has 0 radical (unpaired) electrons. The van der Waals surface area contributed by atoms with Crippen LogP contribution in [0.5, 0.6) is 0 Å². The normalized spacial score (nSPS) is 12.4. The Hall–Kier alpha value is -3.16. The Morgan fingerprint density at radius 2 is 1.42 bits per heavy atom. The first-order chi connectivity index (χ1) is 14.8. The molecule has 0 aliphatic rings. The predicted molar refractivity (Wildman–Crippen MR) is 124 cm³/mol. The van der Waals surface area contributed by atoms with Gasteiger partial charge in [0.2, 0.25) is 5.91 Å². The highest BCUT2D eigenvalue weighted by Gasteiger charge is 2.28. The highest BCUT2D eigenvalue weighted by Crippen LogP contribution is 2.25. The first-order valence-corrected chi connectivity index (χ1v) is 11.4. The number of hydrogen-bond acceptors (Lipinski definition) is 3. The van der Waals surface area contributed by atoms with E-state index in [1.807, 2.05) is 61.5 Å². The number of hydrogen-bond donors (Lipinski definition) is 1. The Morgan fingerprint density at radius 1 is 0.871 bits per heavy atom. The van der Waals surface area contributed by atoms with Crippen molar-refractivity contribution in [2.24, 2.45) is 0 Å². The van der Waals surface area contributed by atoms with Crippen molar-refractivity contribution in [1.29, 1.82) is 0 Å². The van der Waals surface area contributed by atoms with Crippen molar-refractivity contribution in [1.82, 2.24) is 9.62 Å². The quantitative estimate of drug-likeness (QED) is 0.586. The number of nitrogens with zero attached hydrogens (tertiary/aromatic N) is 2. The second-order valence-electron chi connectivity index (χ2n) is 7.40. The fourth-order valence-electron chi connectivity index (χ4n) is 3.33. The van der Waals surface area contributed by atoms with Crippen LogP contribution in [0.25, 0.3) is 0 Å². The number of nitrogens with one attached hydrogen (secondary N) is 1. The van der Waals surface area contributed by atoms with E-state index in [2.05, 4.69) is 5.32 Å². The summed E-state index contributed by atoms with van der Waals surface area (Å²) in [5.74, 6) is -0.397. The highest BCUT2D eigenvalue weighted by atomic mass is 32.2. The molecular formula is C24H27N3O3S. The standard InChI is InChI=1S/C24H27N3O3S/c1-19-12-10-11-17-22(19)24(20-13-6-4-7-14-20)25-23(28)18-27(31(29,30)26(2)3)21-15-8-5-9-16-21/h4-17,24H,18H2,1-3H3,(H,25,28)/t24-/m0/s1. The molecule has 0 aliphatic carbocycles. The van der Waals surface area contributed by atoms with Crippen molar-refractivity contribution in [3.63, 3.8) is 0 Å². The first-order valence-electron chi connectivity index (χ1n) is 9.96. The van der Waals surface area contributed by atoms with E-state index in [4.69, 9.17) is 0 Å². The largest absolute Gasteiger partial charge is 0.344 e. The van der Waals surface area contributed by atoms with Crippen molar-refractivity contribution in [3.05, 3.63) is 102 Å². The Bertz CT molecular complexity index is 1120. The van der Waals surface area contributed by atoms with E-state index >= 15 is 0 Å². The molecule has 7 heteroatoms. The van der Waals surface area contributed by atoms with Crippen molar-refractivity contribution >= 4 is 21.8 Å². The molecule has 6 nitrogen and oxygen atoms in total. The van der Waals surface area contributed by atoms with E-state index in [9.17, 15) is 13.2 Å². The van der Waals surface area contributed by atoms with Gasteiger partial charge in [-0.15, -0.1) is 0 Å². The Morgan fingerprint density at radius 3 is 2.00 bits per heavy atom. The van der Waals surface area contributed by atoms with Gasteiger partial charge in [-0.2, -0.15) is 12.7 Å². The molecule has 3 rings (SSSR count). The Kier molecular flexibility index (Phi) is 7.09. The minimum absolute atomic E-state index is 0.334. The van der Waals surface area contributed by atoms with Crippen LogP contribution in [0.1, 0.15) is 22.7 Å². The van der Waals surface area contributed by atoms with Crippen LogP contribution < -0.4 is 9.62 Å². The van der Waals surface area contributed by atoms with E-state index < -0.39 is 22.2 Å². The summed E-state index contributed by atoms with van der Waals surface area (Å²) in [4.78, 5) is 13.1. The summed E-state index contributed by atoms with van der Waals surface area (Å²) in [6.07, 6.45) is 0. The van der Waals surface area contributed by atoms with E-state index in [0.717, 1.165) is 25.3 Å². The minimum atomic E-state index is -3.85. The summed E-state index contributed by atoms with van der Waals surface area (Å²) in [7, 11) is -0.959. The monoisotopic (exact) mass is 437 g/mol. The first kappa shape index (κ1) is 22.5. The van der Waals surface area contributed by atoms with Crippen LogP contribution in [0.4, 0.5) is 5.69 Å². The molecule has 0 aromatic heterocycles. The molecule has 1 N–H and O–H groups in total. The average molecular weight is 438 g/mol. The summed E-state index contributed by atoms with van der Waals surface area (Å²) in [6.45, 7) is 1.66. The lowest BCUT2D eigenvalue weighted by atomic mass is 9.95. The molecule has 0 aliphatic heterocycles. The number of aryl methyl sites for hydroxylation is 1. The number of carbonyl (C=O) groups excluding carboxylic acids is 1. The van der Waals surface area contributed by atoms with Crippen LogP contribution in [0, 0.1) is 6.92 Å². The Labute approximate surface area is 184 Å². The maximum Gasteiger partial charge on any atom is 0.304 e. The number of rotatable bonds is 8. The van der Waals surface area contributed by atoms with Gasteiger partial charge in [0, 0.05) is 14.1 Å². The van der Waals surface area contributed by atoms with Crippen molar-refractivity contribution in [2.45, 2.75) is 13.0 Å². The summed E-state index contributed by atoms with van der Waals surface area (Å²) in [5.41, 5.74) is 3.35. The van der Waals surface area contributed by atoms with E-state index in [1.165, 1.54) is 14.1 Å². The number of anilines is 1. The lowest BCUT2D eigenvalue weighted by molar-refractivity contribution is -0.120. The molecule has 0 unspecified atom stereocenters. The van der Waals surface area contributed by atoms with E-state index in [-0.39, 0.29) is 6.54 Å². The average Bonchev–Trinajstić information content (AvgIpc) is 2.77. The van der Waals surface area contributed by atoms with Gasteiger partial charge in [-0.25, -0.2) is 4.31 Å². The lowest BCUT2D eigenvalue weighted by Gasteiger charge is -2.28. The zero-order chi connectivity index (χ0) is 22.4. The molecule has 1 atom stereocenters. The zero-order valence-electron chi connectivity index (χ0n) is 17.9. The van der Waals surface area contributed by atoms with Crippen LogP contribution in [0.15, 0.2) is 84.9 Å². The third kappa shape index (κ3) is 5.31. The van der Waals surface area contributed by atoms with Crippen LogP contribution >= 0.6 is 0 Å². The lowest BCUT2D eigenvalue weighted by Crippen LogP contribution is -2.46. The maximum absolute atomic E-state index is 13.1. The van der Waals surface area contributed by atoms with Crippen LogP contribution in [-0.4, -0.2) is 39.3 Å². The Balaban J connectivity index is 1.93. The highest BCUT2D eigenvalue weighted by molar-refractivity contribution is 7.90. The summed E-state index contributed by atoms with van der Waals surface area (Å²) in [5, 5.41) is 3.04. The summed E-state index contributed by atoms with van der Waals surface area (Å²) < 4.78 is 28.1. The van der Waals surface area contributed by atoms with Gasteiger partial charge in [-0.3, -0.25) is 4.79 Å². The molecule has 0 heterocycles. The smallest absolute Gasteiger partial charge is 0.304 e. The van der Waals surface area contributed by atoms with Gasteiger partial charge in [0.05, 0.1) is 11.7 Å². The molecule has 0 saturated carbocycles. The SMILES string of the molecule is Cc1ccccc1[C@@H](NC(=O)CN(c1ccccc1)S(=O)(=O)N(C)C)c1ccccc1. The molecule has 0 bridgehead atoms. The number of carbonyl (C=O) groups is 1. The molecule has 3 aromatic carbocycles. The van der Waals surface area contributed by atoms with Crippen molar-refractivity contribution in [2.75, 3.05) is 24.9 Å². The molecule has 3 aromatic rings. The predicted octanol–water partition coefficient (Wildman–Crippen LogP) is 3.51. The van der Waals surface area contributed by atoms with Crippen molar-refractivity contribution < 1.29 is 13.2 Å². The fraction of sp³-hybridized carbons (Fsp3) is 0.208. The van der Waals surface area contributed by atoms with Gasteiger partial charge < -0.3 is 5.32 Å². The van der Waals surface area contributed by atoms with E-state index in [1.54, 1.807) is 30.3 Å². The topological polar surface area (TPSA) is 69.7 Å². The second kappa shape index (κ2) is 9.76. The number of para-hydroxylation sites is 1. The fourth-order valence-corrected chi connectivity index (χ4v) is 4.39. The van der Waals surface area contributed by atoms with Crippen molar-refractivity contribution in [3.8, 4) is 0 Å². The van der Waals surface area contributed by atoms with Crippen LogP contribution in [0.2, 0.25) is 0 Å². The van der Waals surface area contributed by atoms with Gasteiger partial charge in [-0.1, -0.05) is 72.8 Å². The molecule has 1 amide bonds.